The Morgan fingerprint density at radius 3 is 2.70 bits per heavy atom. The molecule has 1 N–H and O–H groups in total. The van der Waals surface area contributed by atoms with Gasteiger partial charge >= 0.3 is 6.03 Å². The Labute approximate surface area is 161 Å². The maximum atomic E-state index is 12.5. The lowest BCUT2D eigenvalue weighted by molar-refractivity contribution is 0.180. The molecular formula is C21H30N4O2. The second-order valence-corrected chi connectivity index (χ2v) is 7.37. The molecule has 3 rings (SSSR count). The third-order valence-corrected chi connectivity index (χ3v) is 5.27. The molecule has 1 aromatic heterocycles. The average molecular weight is 370 g/mol. The molecule has 1 aliphatic heterocycles. The summed E-state index contributed by atoms with van der Waals surface area (Å²) in [5, 5.41) is 7.18. The van der Waals surface area contributed by atoms with E-state index in [9.17, 15) is 4.79 Å². The van der Waals surface area contributed by atoms with Crippen LogP contribution in [0.25, 0.3) is 0 Å². The number of methoxy groups -OCH3 is 1. The van der Waals surface area contributed by atoms with E-state index in [0.717, 1.165) is 38.0 Å². The SMILES string of the molecule is COCCn1cc(NC(=O)N2CCC(CCc3ccc(C)cc3)CC2)cn1. The number of nitrogens with zero attached hydrogens (tertiary/aromatic N) is 3. The quantitative estimate of drug-likeness (QED) is 0.808. The summed E-state index contributed by atoms with van der Waals surface area (Å²) in [4.78, 5) is 14.4. The van der Waals surface area contributed by atoms with Crippen molar-refractivity contribution < 1.29 is 9.53 Å². The van der Waals surface area contributed by atoms with Crippen LogP contribution in [0.5, 0.6) is 0 Å². The Morgan fingerprint density at radius 2 is 2.00 bits per heavy atom. The minimum absolute atomic E-state index is 0.0294. The summed E-state index contributed by atoms with van der Waals surface area (Å²) in [5.74, 6) is 0.701. The molecule has 1 aliphatic rings. The normalized spacial score (nSPS) is 15.1. The number of carbonyl (C=O) groups is 1. The number of ether oxygens (including phenoxy) is 1. The lowest BCUT2D eigenvalue weighted by Gasteiger charge is -2.32. The topological polar surface area (TPSA) is 59.4 Å². The Kier molecular flexibility index (Phi) is 6.87. The molecule has 2 heterocycles. The van der Waals surface area contributed by atoms with Gasteiger partial charge in [0.2, 0.25) is 0 Å². The first-order chi connectivity index (χ1) is 13.1. The van der Waals surface area contributed by atoms with Crippen LogP contribution in [0.4, 0.5) is 10.5 Å². The number of nitrogens with one attached hydrogen (secondary N) is 1. The Morgan fingerprint density at radius 1 is 1.26 bits per heavy atom. The summed E-state index contributed by atoms with van der Waals surface area (Å²) in [6.45, 7) is 5.05. The number of aryl methyl sites for hydroxylation is 2. The van der Waals surface area contributed by atoms with Gasteiger partial charge in [-0.15, -0.1) is 0 Å². The van der Waals surface area contributed by atoms with E-state index in [1.54, 1.807) is 18.0 Å². The minimum Gasteiger partial charge on any atom is -0.383 e. The number of hydrogen-bond donors (Lipinski definition) is 1. The Bertz CT molecular complexity index is 718. The second-order valence-electron chi connectivity index (χ2n) is 7.37. The molecule has 0 saturated carbocycles. The summed E-state index contributed by atoms with van der Waals surface area (Å²) in [5.41, 5.74) is 3.45. The van der Waals surface area contributed by atoms with Crippen molar-refractivity contribution in [3.8, 4) is 0 Å². The van der Waals surface area contributed by atoms with Gasteiger partial charge in [-0.3, -0.25) is 4.68 Å². The Balaban J connectivity index is 1.39. The standard InChI is InChI=1S/C21H30N4O2/c1-17-3-5-18(6-4-17)7-8-19-9-11-24(12-10-19)21(26)23-20-15-22-25(16-20)13-14-27-2/h3-6,15-16,19H,7-14H2,1-2H3,(H,23,26). The van der Waals surface area contributed by atoms with E-state index in [-0.39, 0.29) is 6.03 Å². The van der Waals surface area contributed by atoms with Crippen molar-refractivity contribution >= 4 is 11.7 Å². The number of amides is 2. The largest absolute Gasteiger partial charge is 0.383 e. The first-order valence-corrected chi connectivity index (χ1v) is 9.77. The third kappa shape index (κ3) is 5.82. The summed E-state index contributed by atoms with van der Waals surface area (Å²) >= 11 is 0. The van der Waals surface area contributed by atoms with E-state index in [1.807, 2.05) is 11.1 Å². The van der Waals surface area contributed by atoms with Gasteiger partial charge in [0, 0.05) is 26.4 Å². The van der Waals surface area contributed by atoms with Crippen LogP contribution in [0.2, 0.25) is 0 Å². The van der Waals surface area contributed by atoms with Gasteiger partial charge in [-0.2, -0.15) is 5.10 Å². The molecule has 1 fully saturated rings. The molecule has 0 spiro atoms. The number of likely N-dealkylation sites (tertiary alicyclic amines) is 1. The van der Waals surface area contributed by atoms with Gasteiger partial charge in [0.05, 0.1) is 25.0 Å². The molecule has 6 heteroatoms. The van der Waals surface area contributed by atoms with Gasteiger partial charge in [0.15, 0.2) is 0 Å². The van der Waals surface area contributed by atoms with E-state index in [2.05, 4.69) is 41.6 Å². The van der Waals surface area contributed by atoms with Gasteiger partial charge < -0.3 is 15.0 Å². The van der Waals surface area contributed by atoms with E-state index < -0.39 is 0 Å². The van der Waals surface area contributed by atoms with Crippen LogP contribution in [-0.2, 0) is 17.7 Å². The van der Waals surface area contributed by atoms with Gasteiger partial charge in [0.25, 0.3) is 0 Å². The second kappa shape index (κ2) is 9.55. The van der Waals surface area contributed by atoms with Crippen molar-refractivity contribution in [3.63, 3.8) is 0 Å². The molecule has 27 heavy (non-hydrogen) atoms. The molecule has 0 unspecified atom stereocenters. The fourth-order valence-corrected chi connectivity index (χ4v) is 3.49. The number of carbonyl (C=O) groups excluding carboxylic acids is 1. The number of rotatable bonds is 7. The minimum atomic E-state index is -0.0294. The highest BCUT2D eigenvalue weighted by Crippen LogP contribution is 2.23. The highest BCUT2D eigenvalue weighted by Gasteiger charge is 2.23. The number of aromatic nitrogens is 2. The molecule has 0 atom stereocenters. The zero-order chi connectivity index (χ0) is 19.1. The van der Waals surface area contributed by atoms with Crippen LogP contribution >= 0.6 is 0 Å². The predicted molar refractivity (Wildman–Crippen MR) is 107 cm³/mol. The van der Waals surface area contributed by atoms with Crippen molar-refractivity contribution in [3.05, 3.63) is 47.8 Å². The van der Waals surface area contributed by atoms with Crippen molar-refractivity contribution in [1.82, 2.24) is 14.7 Å². The molecule has 2 aromatic rings. The summed E-state index contributed by atoms with van der Waals surface area (Å²) in [6, 6.07) is 8.78. The predicted octanol–water partition coefficient (Wildman–Crippen LogP) is 3.71. The van der Waals surface area contributed by atoms with Gasteiger partial charge in [-0.25, -0.2) is 4.79 Å². The highest BCUT2D eigenvalue weighted by molar-refractivity contribution is 5.89. The van der Waals surface area contributed by atoms with Gasteiger partial charge in [-0.1, -0.05) is 29.8 Å². The molecule has 1 saturated heterocycles. The van der Waals surface area contributed by atoms with Crippen LogP contribution in [0, 0.1) is 12.8 Å². The molecule has 2 amide bonds. The monoisotopic (exact) mass is 370 g/mol. The van der Waals surface area contributed by atoms with Crippen LogP contribution in [-0.4, -0.2) is 47.5 Å². The van der Waals surface area contributed by atoms with Gasteiger partial charge in [0.1, 0.15) is 0 Å². The van der Waals surface area contributed by atoms with E-state index in [4.69, 9.17) is 4.74 Å². The zero-order valence-corrected chi connectivity index (χ0v) is 16.4. The molecule has 0 bridgehead atoms. The van der Waals surface area contributed by atoms with E-state index in [0.29, 0.717) is 19.1 Å². The maximum absolute atomic E-state index is 12.5. The molecule has 6 nitrogen and oxygen atoms in total. The maximum Gasteiger partial charge on any atom is 0.321 e. The van der Waals surface area contributed by atoms with Crippen LogP contribution < -0.4 is 5.32 Å². The van der Waals surface area contributed by atoms with Crippen molar-refractivity contribution in [2.75, 3.05) is 32.1 Å². The first kappa shape index (κ1) is 19.4. The Hall–Kier alpha value is -2.34. The zero-order valence-electron chi connectivity index (χ0n) is 16.4. The molecule has 1 aromatic carbocycles. The summed E-state index contributed by atoms with van der Waals surface area (Å²) in [7, 11) is 1.66. The van der Waals surface area contributed by atoms with Crippen LogP contribution in [0.15, 0.2) is 36.7 Å². The number of hydrogen-bond acceptors (Lipinski definition) is 3. The van der Waals surface area contributed by atoms with Crippen molar-refractivity contribution in [2.24, 2.45) is 5.92 Å². The lowest BCUT2D eigenvalue weighted by atomic mass is 9.90. The molecule has 0 aliphatic carbocycles. The van der Waals surface area contributed by atoms with Crippen LogP contribution in [0.3, 0.4) is 0 Å². The first-order valence-electron chi connectivity index (χ1n) is 9.77. The highest BCUT2D eigenvalue weighted by atomic mass is 16.5. The summed E-state index contributed by atoms with van der Waals surface area (Å²) in [6.07, 6.45) is 7.99. The number of piperidine rings is 1. The van der Waals surface area contributed by atoms with E-state index >= 15 is 0 Å². The average Bonchev–Trinajstić information content (AvgIpc) is 3.13. The smallest absolute Gasteiger partial charge is 0.321 e. The third-order valence-electron chi connectivity index (χ3n) is 5.27. The molecule has 146 valence electrons. The fraction of sp³-hybridized carbons (Fsp3) is 0.524. The van der Waals surface area contributed by atoms with Crippen molar-refractivity contribution in [2.45, 2.75) is 39.2 Å². The number of anilines is 1. The molecule has 0 radical (unpaired) electrons. The summed E-state index contributed by atoms with van der Waals surface area (Å²) < 4.78 is 6.81. The number of urea groups is 1. The van der Waals surface area contributed by atoms with Gasteiger partial charge in [-0.05, 0) is 44.1 Å². The molecular weight excluding hydrogens is 340 g/mol. The van der Waals surface area contributed by atoms with Crippen LogP contribution in [0.1, 0.15) is 30.4 Å². The van der Waals surface area contributed by atoms with Crippen molar-refractivity contribution in [1.29, 1.82) is 0 Å². The fourth-order valence-electron chi connectivity index (χ4n) is 3.49. The van der Waals surface area contributed by atoms with E-state index in [1.165, 1.54) is 17.5 Å². The lowest BCUT2D eigenvalue weighted by Crippen LogP contribution is -2.41. The number of benzene rings is 1.